The first-order valence-corrected chi connectivity index (χ1v) is 9.78. The Morgan fingerprint density at radius 3 is 2.70 bits per heavy atom. The van der Waals surface area contributed by atoms with Gasteiger partial charge in [-0.2, -0.15) is 0 Å². The standard InChI is InChI=1S/C17H28N4OS/c1-2-15-11-18-16(23-15)12-19-17(22)20-13-7-9-21(10-8-13)14-5-3-4-6-14/h11,13-14H,2-10,12H2,1H3,(H2,19,20,22). The van der Waals surface area contributed by atoms with Gasteiger partial charge in [0, 0.05) is 36.2 Å². The molecule has 1 aromatic heterocycles. The highest BCUT2D eigenvalue weighted by molar-refractivity contribution is 7.11. The average molecular weight is 337 g/mol. The Balaban J connectivity index is 1.35. The summed E-state index contributed by atoms with van der Waals surface area (Å²) in [5, 5.41) is 7.04. The van der Waals surface area contributed by atoms with Crippen LogP contribution in [0.15, 0.2) is 6.20 Å². The zero-order chi connectivity index (χ0) is 16.1. The number of piperidine rings is 1. The van der Waals surface area contributed by atoms with E-state index >= 15 is 0 Å². The number of carbonyl (C=O) groups excluding carboxylic acids is 1. The van der Waals surface area contributed by atoms with Crippen molar-refractivity contribution < 1.29 is 4.79 Å². The van der Waals surface area contributed by atoms with Crippen LogP contribution in [-0.4, -0.2) is 41.1 Å². The second-order valence-corrected chi connectivity index (χ2v) is 7.85. The van der Waals surface area contributed by atoms with E-state index in [0.717, 1.165) is 43.4 Å². The van der Waals surface area contributed by atoms with Crippen molar-refractivity contribution >= 4 is 17.4 Å². The van der Waals surface area contributed by atoms with E-state index in [1.165, 1.54) is 30.6 Å². The second kappa shape index (κ2) is 8.11. The van der Waals surface area contributed by atoms with E-state index in [2.05, 4.69) is 27.4 Å². The SMILES string of the molecule is CCc1cnc(CNC(=O)NC2CCN(C3CCCC3)CC2)s1. The van der Waals surface area contributed by atoms with E-state index in [1.807, 2.05) is 6.20 Å². The molecule has 128 valence electrons. The van der Waals surface area contributed by atoms with Gasteiger partial charge in [-0.25, -0.2) is 9.78 Å². The molecule has 6 heteroatoms. The number of hydrogen-bond donors (Lipinski definition) is 2. The normalized spacial score (nSPS) is 20.7. The van der Waals surface area contributed by atoms with Crippen molar-refractivity contribution in [1.82, 2.24) is 20.5 Å². The number of aromatic nitrogens is 1. The molecule has 2 fully saturated rings. The topological polar surface area (TPSA) is 57.3 Å². The summed E-state index contributed by atoms with van der Waals surface area (Å²) < 4.78 is 0. The van der Waals surface area contributed by atoms with Crippen molar-refractivity contribution in [3.8, 4) is 0 Å². The fourth-order valence-electron chi connectivity index (χ4n) is 3.66. The lowest BCUT2D eigenvalue weighted by atomic mass is 10.0. The quantitative estimate of drug-likeness (QED) is 0.869. The van der Waals surface area contributed by atoms with Crippen LogP contribution in [0, 0.1) is 0 Å². The Bertz CT molecular complexity index is 504. The van der Waals surface area contributed by atoms with Gasteiger partial charge in [0.1, 0.15) is 5.01 Å². The Labute approximate surface area is 142 Å². The molecular weight excluding hydrogens is 308 g/mol. The summed E-state index contributed by atoms with van der Waals surface area (Å²) in [6, 6.07) is 1.06. The highest BCUT2D eigenvalue weighted by atomic mass is 32.1. The Morgan fingerprint density at radius 2 is 2.04 bits per heavy atom. The number of amides is 2. The summed E-state index contributed by atoms with van der Waals surface area (Å²) in [5.41, 5.74) is 0. The number of thiazole rings is 1. The summed E-state index contributed by atoms with van der Waals surface area (Å²) in [5.74, 6) is 0. The van der Waals surface area contributed by atoms with Gasteiger partial charge >= 0.3 is 6.03 Å². The number of urea groups is 1. The molecule has 1 aliphatic carbocycles. The fourth-order valence-corrected chi connectivity index (χ4v) is 4.47. The molecule has 1 saturated carbocycles. The first-order chi connectivity index (χ1) is 11.2. The van der Waals surface area contributed by atoms with Gasteiger partial charge in [0.15, 0.2) is 0 Å². The summed E-state index contributed by atoms with van der Waals surface area (Å²) in [6.45, 7) is 4.90. The zero-order valence-electron chi connectivity index (χ0n) is 14.0. The third-order valence-corrected chi connectivity index (χ3v) is 6.20. The van der Waals surface area contributed by atoms with Gasteiger partial charge in [-0.05, 0) is 32.1 Å². The largest absolute Gasteiger partial charge is 0.335 e. The smallest absolute Gasteiger partial charge is 0.315 e. The zero-order valence-corrected chi connectivity index (χ0v) is 14.8. The van der Waals surface area contributed by atoms with Gasteiger partial charge in [-0.1, -0.05) is 19.8 Å². The van der Waals surface area contributed by atoms with Gasteiger partial charge in [-0.15, -0.1) is 11.3 Å². The maximum atomic E-state index is 12.0. The summed E-state index contributed by atoms with van der Waals surface area (Å²) >= 11 is 1.68. The molecule has 1 saturated heterocycles. The first kappa shape index (κ1) is 16.7. The molecule has 3 rings (SSSR count). The molecule has 0 unspecified atom stereocenters. The van der Waals surface area contributed by atoms with Crippen molar-refractivity contribution in [3.05, 3.63) is 16.1 Å². The molecule has 2 heterocycles. The summed E-state index contributed by atoms with van der Waals surface area (Å²) in [4.78, 5) is 20.3. The van der Waals surface area contributed by atoms with Crippen LogP contribution in [0.2, 0.25) is 0 Å². The monoisotopic (exact) mass is 336 g/mol. The van der Waals surface area contributed by atoms with Crippen LogP contribution in [0.25, 0.3) is 0 Å². The molecule has 5 nitrogen and oxygen atoms in total. The Hall–Kier alpha value is -1.14. The second-order valence-electron chi connectivity index (χ2n) is 6.65. The van der Waals surface area contributed by atoms with Crippen LogP contribution in [0.1, 0.15) is 55.3 Å². The predicted octanol–water partition coefficient (Wildman–Crippen LogP) is 2.91. The van der Waals surface area contributed by atoms with Crippen molar-refractivity contribution in [2.24, 2.45) is 0 Å². The average Bonchev–Trinajstić information content (AvgIpc) is 3.25. The van der Waals surface area contributed by atoms with Crippen LogP contribution < -0.4 is 10.6 Å². The predicted molar refractivity (Wildman–Crippen MR) is 93.7 cm³/mol. The minimum atomic E-state index is -0.0578. The molecule has 2 aliphatic rings. The number of hydrogen-bond acceptors (Lipinski definition) is 4. The van der Waals surface area contributed by atoms with E-state index in [1.54, 1.807) is 11.3 Å². The Kier molecular flexibility index (Phi) is 5.89. The maximum absolute atomic E-state index is 12.0. The molecule has 0 atom stereocenters. The molecule has 0 aromatic carbocycles. The lowest BCUT2D eigenvalue weighted by Crippen LogP contribution is -2.49. The molecular formula is C17H28N4OS. The number of nitrogens with one attached hydrogen (secondary N) is 2. The van der Waals surface area contributed by atoms with Gasteiger partial charge in [0.2, 0.25) is 0 Å². The van der Waals surface area contributed by atoms with Gasteiger partial charge in [-0.3, -0.25) is 0 Å². The number of nitrogens with zero attached hydrogens (tertiary/aromatic N) is 2. The molecule has 23 heavy (non-hydrogen) atoms. The van der Waals surface area contributed by atoms with E-state index < -0.39 is 0 Å². The lowest BCUT2D eigenvalue weighted by molar-refractivity contribution is 0.145. The fraction of sp³-hybridized carbons (Fsp3) is 0.765. The van der Waals surface area contributed by atoms with Crippen molar-refractivity contribution in [2.45, 2.75) is 70.5 Å². The van der Waals surface area contributed by atoms with Crippen molar-refractivity contribution in [3.63, 3.8) is 0 Å². The van der Waals surface area contributed by atoms with E-state index in [4.69, 9.17) is 0 Å². The third kappa shape index (κ3) is 4.67. The summed E-state index contributed by atoms with van der Waals surface area (Å²) in [6.07, 6.45) is 10.6. The minimum absolute atomic E-state index is 0.0578. The Morgan fingerprint density at radius 1 is 1.30 bits per heavy atom. The number of rotatable bonds is 5. The van der Waals surface area contributed by atoms with Gasteiger partial charge < -0.3 is 15.5 Å². The van der Waals surface area contributed by atoms with Crippen LogP contribution in [0.4, 0.5) is 4.79 Å². The van der Waals surface area contributed by atoms with Crippen molar-refractivity contribution in [1.29, 1.82) is 0 Å². The molecule has 0 spiro atoms. The van der Waals surface area contributed by atoms with Gasteiger partial charge in [0.25, 0.3) is 0 Å². The lowest BCUT2D eigenvalue weighted by Gasteiger charge is -2.36. The molecule has 0 bridgehead atoms. The molecule has 2 amide bonds. The van der Waals surface area contributed by atoms with Gasteiger partial charge in [0.05, 0.1) is 6.54 Å². The number of aryl methyl sites for hydroxylation is 1. The highest BCUT2D eigenvalue weighted by Crippen LogP contribution is 2.26. The number of likely N-dealkylation sites (tertiary alicyclic amines) is 1. The molecule has 0 radical (unpaired) electrons. The first-order valence-electron chi connectivity index (χ1n) is 8.96. The van der Waals surface area contributed by atoms with Crippen LogP contribution in [-0.2, 0) is 13.0 Å². The van der Waals surface area contributed by atoms with Crippen LogP contribution >= 0.6 is 11.3 Å². The van der Waals surface area contributed by atoms with Crippen molar-refractivity contribution in [2.75, 3.05) is 13.1 Å². The summed E-state index contributed by atoms with van der Waals surface area (Å²) in [7, 11) is 0. The van der Waals surface area contributed by atoms with E-state index in [-0.39, 0.29) is 6.03 Å². The minimum Gasteiger partial charge on any atom is -0.335 e. The maximum Gasteiger partial charge on any atom is 0.315 e. The molecule has 1 aliphatic heterocycles. The third-order valence-electron chi connectivity index (χ3n) is 5.06. The molecule has 1 aromatic rings. The van der Waals surface area contributed by atoms with E-state index in [0.29, 0.717) is 12.6 Å². The van der Waals surface area contributed by atoms with Crippen LogP contribution in [0.3, 0.4) is 0 Å². The highest BCUT2D eigenvalue weighted by Gasteiger charge is 2.27. The number of carbonyl (C=O) groups is 1. The van der Waals surface area contributed by atoms with Crippen LogP contribution in [0.5, 0.6) is 0 Å². The van der Waals surface area contributed by atoms with E-state index in [9.17, 15) is 4.79 Å². The molecule has 2 N–H and O–H groups in total.